The SMILES string of the molecule is O=C(c1ccc(F)cc1-n1cnnn1)N1CCN(c2ccc(Cl)cc2)CC1. The standard InChI is InChI=1S/C18H16ClFN6O/c19-13-1-4-15(5-2-13)24-7-9-25(10-8-24)18(27)16-6-3-14(20)11-17(16)26-12-21-22-23-26/h1-6,11-12H,7-10H2. The molecule has 2 aromatic carbocycles. The molecule has 27 heavy (non-hydrogen) atoms. The van der Waals surface area contributed by atoms with Crippen molar-refractivity contribution in [2.24, 2.45) is 0 Å². The van der Waals surface area contributed by atoms with Gasteiger partial charge in [0.15, 0.2) is 0 Å². The molecule has 0 aliphatic carbocycles. The fourth-order valence-electron chi connectivity index (χ4n) is 3.14. The third-order valence-corrected chi connectivity index (χ3v) is 4.80. The van der Waals surface area contributed by atoms with Crippen molar-refractivity contribution in [1.82, 2.24) is 25.1 Å². The van der Waals surface area contributed by atoms with Crippen LogP contribution in [0.3, 0.4) is 0 Å². The predicted octanol–water partition coefficient (Wildman–Crippen LogP) is 2.42. The van der Waals surface area contributed by atoms with Crippen molar-refractivity contribution in [1.29, 1.82) is 0 Å². The van der Waals surface area contributed by atoms with Crippen molar-refractivity contribution in [3.63, 3.8) is 0 Å². The van der Waals surface area contributed by atoms with E-state index < -0.39 is 5.82 Å². The Morgan fingerprint density at radius 3 is 2.44 bits per heavy atom. The van der Waals surface area contributed by atoms with Gasteiger partial charge in [-0.2, -0.15) is 4.68 Å². The highest BCUT2D eigenvalue weighted by Gasteiger charge is 2.25. The molecule has 1 aliphatic rings. The third-order valence-electron chi connectivity index (χ3n) is 4.54. The minimum Gasteiger partial charge on any atom is -0.368 e. The molecule has 0 spiro atoms. The molecule has 4 rings (SSSR count). The van der Waals surface area contributed by atoms with Gasteiger partial charge in [-0.15, -0.1) is 5.10 Å². The number of piperazine rings is 1. The Balaban J connectivity index is 1.51. The molecule has 1 saturated heterocycles. The fourth-order valence-corrected chi connectivity index (χ4v) is 3.26. The van der Waals surface area contributed by atoms with Crippen LogP contribution in [0.4, 0.5) is 10.1 Å². The molecule has 1 amide bonds. The van der Waals surface area contributed by atoms with Crippen LogP contribution in [0, 0.1) is 5.82 Å². The number of halogens is 2. The van der Waals surface area contributed by atoms with Gasteiger partial charge in [-0.05, 0) is 46.8 Å². The number of nitrogens with zero attached hydrogens (tertiary/aromatic N) is 6. The molecule has 1 fully saturated rings. The lowest BCUT2D eigenvalue weighted by Crippen LogP contribution is -2.49. The Kier molecular flexibility index (Phi) is 4.72. The second-order valence-corrected chi connectivity index (χ2v) is 6.61. The number of anilines is 1. The maximum atomic E-state index is 13.7. The summed E-state index contributed by atoms with van der Waals surface area (Å²) < 4.78 is 15.0. The molecule has 138 valence electrons. The molecule has 7 nitrogen and oxygen atoms in total. The molecule has 0 bridgehead atoms. The second-order valence-electron chi connectivity index (χ2n) is 6.17. The first-order valence-electron chi connectivity index (χ1n) is 8.44. The molecule has 0 atom stereocenters. The third kappa shape index (κ3) is 3.61. The van der Waals surface area contributed by atoms with Crippen molar-refractivity contribution in [2.75, 3.05) is 31.1 Å². The molecule has 0 saturated carbocycles. The highest BCUT2D eigenvalue weighted by molar-refractivity contribution is 6.30. The van der Waals surface area contributed by atoms with Gasteiger partial charge in [0.05, 0.1) is 11.3 Å². The number of carbonyl (C=O) groups excluding carboxylic acids is 1. The van der Waals surface area contributed by atoms with Gasteiger partial charge in [-0.3, -0.25) is 4.79 Å². The quantitative estimate of drug-likeness (QED) is 0.691. The maximum absolute atomic E-state index is 13.7. The summed E-state index contributed by atoms with van der Waals surface area (Å²) in [4.78, 5) is 17.0. The second kappa shape index (κ2) is 7.32. The number of benzene rings is 2. The van der Waals surface area contributed by atoms with E-state index in [4.69, 9.17) is 11.6 Å². The van der Waals surface area contributed by atoms with Crippen LogP contribution in [0.5, 0.6) is 0 Å². The fraction of sp³-hybridized carbons (Fsp3) is 0.222. The molecule has 1 aromatic heterocycles. The van der Waals surface area contributed by atoms with E-state index in [1.54, 1.807) is 4.90 Å². The zero-order valence-electron chi connectivity index (χ0n) is 14.3. The molecule has 2 heterocycles. The lowest BCUT2D eigenvalue weighted by Gasteiger charge is -2.36. The van der Waals surface area contributed by atoms with E-state index in [0.717, 1.165) is 5.69 Å². The number of hydrogen-bond acceptors (Lipinski definition) is 5. The number of amides is 1. The number of aromatic nitrogens is 4. The van der Waals surface area contributed by atoms with E-state index in [-0.39, 0.29) is 5.91 Å². The van der Waals surface area contributed by atoms with Crippen LogP contribution < -0.4 is 4.90 Å². The lowest BCUT2D eigenvalue weighted by molar-refractivity contribution is 0.0746. The van der Waals surface area contributed by atoms with Crippen LogP contribution in [0.25, 0.3) is 5.69 Å². The van der Waals surface area contributed by atoms with Crippen LogP contribution in [-0.4, -0.2) is 57.2 Å². The number of carbonyl (C=O) groups is 1. The molecule has 0 unspecified atom stereocenters. The number of tetrazole rings is 1. The summed E-state index contributed by atoms with van der Waals surface area (Å²) in [6, 6.07) is 11.6. The van der Waals surface area contributed by atoms with Gasteiger partial charge in [-0.1, -0.05) is 11.6 Å². The van der Waals surface area contributed by atoms with Crippen molar-refractivity contribution in [2.45, 2.75) is 0 Å². The first-order chi connectivity index (χ1) is 13.1. The van der Waals surface area contributed by atoms with E-state index in [0.29, 0.717) is 42.5 Å². The van der Waals surface area contributed by atoms with Crippen LogP contribution in [0.15, 0.2) is 48.8 Å². The highest BCUT2D eigenvalue weighted by atomic mass is 35.5. The predicted molar refractivity (Wildman–Crippen MR) is 98.7 cm³/mol. The van der Waals surface area contributed by atoms with Gasteiger partial charge >= 0.3 is 0 Å². The summed E-state index contributed by atoms with van der Waals surface area (Å²) in [6.45, 7) is 2.53. The molecule has 3 aromatic rings. The zero-order chi connectivity index (χ0) is 18.8. The smallest absolute Gasteiger partial charge is 0.256 e. The minimum absolute atomic E-state index is 0.170. The first kappa shape index (κ1) is 17.4. The van der Waals surface area contributed by atoms with Crippen molar-refractivity contribution >= 4 is 23.2 Å². The van der Waals surface area contributed by atoms with Gasteiger partial charge in [0.1, 0.15) is 12.1 Å². The molecule has 1 aliphatic heterocycles. The largest absolute Gasteiger partial charge is 0.368 e. The Bertz CT molecular complexity index is 939. The van der Waals surface area contributed by atoms with Gasteiger partial charge in [0, 0.05) is 43.0 Å². The Morgan fingerprint density at radius 2 is 1.78 bits per heavy atom. The summed E-state index contributed by atoms with van der Waals surface area (Å²) in [5, 5.41) is 11.6. The van der Waals surface area contributed by atoms with E-state index in [1.165, 1.54) is 29.2 Å². The molecular formula is C18H16ClFN6O. The van der Waals surface area contributed by atoms with Crippen molar-refractivity contribution < 1.29 is 9.18 Å². The van der Waals surface area contributed by atoms with Gasteiger partial charge in [0.2, 0.25) is 0 Å². The van der Waals surface area contributed by atoms with Crippen molar-refractivity contribution in [3.05, 3.63) is 65.2 Å². The van der Waals surface area contributed by atoms with Crippen LogP contribution in [-0.2, 0) is 0 Å². The minimum atomic E-state index is -0.454. The highest BCUT2D eigenvalue weighted by Crippen LogP contribution is 2.22. The monoisotopic (exact) mass is 386 g/mol. The molecule has 0 N–H and O–H groups in total. The Hall–Kier alpha value is -3.00. The van der Waals surface area contributed by atoms with E-state index >= 15 is 0 Å². The van der Waals surface area contributed by atoms with E-state index in [1.807, 2.05) is 24.3 Å². The van der Waals surface area contributed by atoms with Crippen molar-refractivity contribution in [3.8, 4) is 5.69 Å². The van der Waals surface area contributed by atoms with Gasteiger partial charge in [-0.25, -0.2) is 4.39 Å². The average Bonchev–Trinajstić information content (AvgIpc) is 3.23. The average molecular weight is 387 g/mol. The summed E-state index contributed by atoms with van der Waals surface area (Å²) in [7, 11) is 0. The summed E-state index contributed by atoms with van der Waals surface area (Å²) in [5.41, 5.74) is 1.76. The Morgan fingerprint density at radius 1 is 1.04 bits per heavy atom. The summed E-state index contributed by atoms with van der Waals surface area (Å²) in [6.07, 6.45) is 1.34. The first-order valence-corrected chi connectivity index (χ1v) is 8.82. The maximum Gasteiger partial charge on any atom is 0.256 e. The van der Waals surface area contributed by atoms with Gasteiger partial charge < -0.3 is 9.80 Å². The van der Waals surface area contributed by atoms with E-state index in [9.17, 15) is 9.18 Å². The number of hydrogen-bond donors (Lipinski definition) is 0. The zero-order valence-corrected chi connectivity index (χ0v) is 15.1. The molecule has 0 radical (unpaired) electrons. The van der Waals surface area contributed by atoms with Crippen LogP contribution in [0.2, 0.25) is 5.02 Å². The van der Waals surface area contributed by atoms with Crippen LogP contribution in [0.1, 0.15) is 10.4 Å². The normalized spacial score (nSPS) is 14.4. The van der Waals surface area contributed by atoms with Crippen LogP contribution >= 0.6 is 11.6 Å². The van der Waals surface area contributed by atoms with E-state index in [2.05, 4.69) is 20.4 Å². The summed E-state index contributed by atoms with van der Waals surface area (Å²) in [5.74, 6) is -0.624. The molecular weight excluding hydrogens is 371 g/mol. The summed E-state index contributed by atoms with van der Waals surface area (Å²) >= 11 is 5.94. The lowest BCUT2D eigenvalue weighted by atomic mass is 10.1. The molecule has 9 heteroatoms. The number of rotatable bonds is 3. The Labute approximate surface area is 159 Å². The topological polar surface area (TPSA) is 67.2 Å². The van der Waals surface area contributed by atoms with Gasteiger partial charge in [0.25, 0.3) is 5.91 Å².